The Morgan fingerprint density at radius 1 is 1.06 bits per heavy atom. The zero-order chi connectivity index (χ0) is 22.9. The summed E-state index contributed by atoms with van der Waals surface area (Å²) in [5, 5.41) is 14.5. The molecule has 164 valence electrons. The minimum absolute atomic E-state index is 0.0914. The third-order valence-electron chi connectivity index (χ3n) is 4.35. The molecule has 3 heterocycles. The molecule has 4 aromatic rings. The van der Waals surface area contributed by atoms with Gasteiger partial charge in [0.15, 0.2) is 17.2 Å². The minimum atomic E-state index is -4.86. The Bertz CT molecular complexity index is 1290. The van der Waals surface area contributed by atoms with Gasteiger partial charge in [-0.05, 0) is 37.3 Å². The number of rotatable bonds is 5. The van der Waals surface area contributed by atoms with E-state index in [1.54, 1.807) is 19.1 Å². The average molecular weight is 444 g/mol. The van der Waals surface area contributed by atoms with Crippen LogP contribution in [0.15, 0.2) is 48.5 Å². The number of hydrogen-bond acceptors (Lipinski definition) is 7. The third kappa shape index (κ3) is 4.29. The second kappa shape index (κ2) is 8.13. The summed E-state index contributed by atoms with van der Waals surface area (Å²) in [6, 6.07) is 11.7. The number of halogens is 3. The number of anilines is 1. The molecule has 0 saturated heterocycles. The van der Waals surface area contributed by atoms with E-state index < -0.39 is 18.0 Å². The van der Waals surface area contributed by atoms with Crippen molar-refractivity contribution in [2.24, 2.45) is 0 Å². The molecule has 3 aromatic heterocycles. The Morgan fingerprint density at radius 3 is 2.53 bits per heavy atom. The molecule has 0 spiro atoms. The summed E-state index contributed by atoms with van der Waals surface area (Å²) in [7, 11) is 1.44. The van der Waals surface area contributed by atoms with Crippen molar-refractivity contribution in [1.29, 1.82) is 0 Å². The number of carbonyl (C=O) groups is 1. The van der Waals surface area contributed by atoms with Crippen molar-refractivity contribution >= 4 is 17.4 Å². The Labute approximate surface area is 178 Å². The Balaban J connectivity index is 1.72. The van der Waals surface area contributed by atoms with Crippen molar-refractivity contribution in [3.8, 4) is 22.9 Å². The van der Waals surface area contributed by atoms with Crippen LogP contribution in [0.2, 0.25) is 0 Å². The number of nitrogens with zero attached hydrogens (tertiary/aromatic N) is 5. The van der Waals surface area contributed by atoms with Crippen LogP contribution in [0.3, 0.4) is 0 Å². The lowest BCUT2D eigenvalue weighted by molar-refractivity contribution is -0.274. The second-order valence-corrected chi connectivity index (χ2v) is 6.49. The Morgan fingerprint density at radius 2 is 1.84 bits per heavy atom. The normalized spacial score (nSPS) is 11.4. The monoisotopic (exact) mass is 444 g/mol. The summed E-state index contributed by atoms with van der Waals surface area (Å²) in [5.41, 5.74) is 1.06. The summed E-state index contributed by atoms with van der Waals surface area (Å²) in [6.07, 6.45) is -4.86. The maximum atomic E-state index is 12.9. The molecule has 32 heavy (non-hydrogen) atoms. The predicted molar refractivity (Wildman–Crippen MR) is 106 cm³/mol. The van der Waals surface area contributed by atoms with E-state index in [2.05, 4.69) is 30.3 Å². The van der Waals surface area contributed by atoms with Gasteiger partial charge in [-0.3, -0.25) is 4.79 Å². The van der Waals surface area contributed by atoms with E-state index in [0.717, 1.165) is 0 Å². The second-order valence-electron chi connectivity index (χ2n) is 6.49. The molecule has 0 aliphatic heterocycles. The largest absolute Gasteiger partial charge is 0.573 e. The van der Waals surface area contributed by atoms with Crippen LogP contribution in [-0.4, -0.2) is 44.2 Å². The highest BCUT2D eigenvalue weighted by molar-refractivity contribution is 6.03. The van der Waals surface area contributed by atoms with E-state index in [1.807, 2.05) is 0 Å². The predicted octanol–water partition coefficient (Wildman–Crippen LogP) is 3.65. The van der Waals surface area contributed by atoms with E-state index in [0.29, 0.717) is 11.3 Å². The van der Waals surface area contributed by atoms with Gasteiger partial charge >= 0.3 is 6.36 Å². The lowest BCUT2D eigenvalue weighted by Gasteiger charge is -2.13. The Kier molecular flexibility index (Phi) is 5.34. The fourth-order valence-electron chi connectivity index (χ4n) is 3.01. The van der Waals surface area contributed by atoms with Crippen LogP contribution in [0.1, 0.15) is 16.2 Å². The van der Waals surface area contributed by atoms with Gasteiger partial charge in [0.1, 0.15) is 5.75 Å². The number of methoxy groups -OCH3 is 1. The van der Waals surface area contributed by atoms with Crippen molar-refractivity contribution < 1.29 is 27.4 Å². The molecule has 1 aromatic carbocycles. The van der Waals surface area contributed by atoms with Crippen LogP contribution < -0.4 is 14.8 Å². The first kappa shape index (κ1) is 21.0. The molecular formula is C20H15F3N6O3. The van der Waals surface area contributed by atoms with Crippen LogP contribution >= 0.6 is 0 Å². The van der Waals surface area contributed by atoms with E-state index in [-0.39, 0.29) is 28.6 Å². The molecule has 9 nitrogen and oxygen atoms in total. The molecule has 12 heteroatoms. The summed E-state index contributed by atoms with van der Waals surface area (Å²) in [5.74, 6) is -0.535. The molecule has 0 aliphatic carbocycles. The molecule has 0 unspecified atom stereocenters. The third-order valence-corrected chi connectivity index (χ3v) is 4.35. The molecule has 0 atom stereocenters. The van der Waals surface area contributed by atoms with Crippen LogP contribution in [0.5, 0.6) is 11.6 Å². The summed E-state index contributed by atoms with van der Waals surface area (Å²) in [6.45, 7) is 1.61. The number of para-hydroxylation sites is 1. The number of nitrogens with one attached hydrogen (secondary N) is 1. The van der Waals surface area contributed by atoms with Crippen molar-refractivity contribution in [1.82, 2.24) is 24.8 Å². The fraction of sp³-hybridized carbons (Fsp3) is 0.150. The number of benzene rings is 1. The minimum Gasteiger partial charge on any atom is -0.480 e. The number of ether oxygens (including phenoxy) is 2. The lowest BCUT2D eigenvalue weighted by atomic mass is 10.1. The van der Waals surface area contributed by atoms with Gasteiger partial charge in [0, 0.05) is 11.6 Å². The van der Waals surface area contributed by atoms with E-state index in [4.69, 9.17) is 4.74 Å². The van der Waals surface area contributed by atoms with Crippen LogP contribution in [0.4, 0.5) is 19.0 Å². The molecule has 0 fully saturated rings. The smallest absolute Gasteiger partial charge is 0.480 e. The first-order valence-corrected chi connectivity index (χ1v) is 9.16. The van der Waals surface area contributed by atoms with Crippen molar-refractivity contribution in [3.05, 3.63) is 59.9 Å². The Hall–Kier alpha value is -4.22. The van der Waals surface area contributed by atoms with Crippen LogP contribution in [0, 0.1) is 6.92 Å². The molecule has 0 aliphatic rings. The standard InChI is InChI=1S/C20H15F3N6O3/c1-11-18(19(30)25-15-8-10-17(31-2)27-26-15)29-16(24-11)9-7-13(28-29)12-5-3-4-6-14(12)32-20(21,22)23/h3-10H,1-2H3,(H,25,26,30). The first-order valence-electron chi connectivity index (χ1n) is 9.16. The topological polar surface area (TPSA) is 104 Å². The molecular weight excluding hydrogens is 429 g/mol. The summed E-state index contributed by atoms with van der Waals surface area (Å²) in [4.78, 5) is 17.2. The van der Waals surface area contributed by atoms with Crippen LogP contribution in [-0.2, 0) is 0 Å². The van der Waals surface area contributed by atoms with E-state index in [1.165, 1.54) is 48.0 Å². The number of aryl methyl sites for hydroxylation is 1. The number of fused-ring (bicyclic) bond motifs is 1. The maximum Gasteiger partial charge on any atom is 0.573 e. The molecule has 0 saturated carbocycles. The first-order chi connectivity index (χ1) is 15.2. The molecule has 1 amide bonds. The van der Waals surface area contributed by atoms with Gasteiger partial charge in [-0.15, -0.1) is 23.4 Å². The van der Waals surface area contributed by atoms with Gasteiger partial charge in [-0.1, -0.05) is 12.1 Å². The number of amides is 1. The lowest BCUT2D eigenvalue weighted by Crippen LogP contribution is -2.18. The fourth-order valence-corrected chi connectivity index (χ4v) is 3.01. The van der Waals surface area contributed by atoms with Crippen molar-refractivity contribution in [2.45, 2.75) is 13.3 Å². The van der Waals surface area contributed by atoms with Gasteiger partial charge in [0.25, 0.3) is 5.91 Å². The van der Waals surface area contributed by atoms with Crippen LogP contribution in [0.25, 0.3) is 16.9 Å². The quantitative estimate of drug-likeness (QED) is 0.501. The molecule has 0 radical (unpaired) electrons. The van der Waals surface area contributed by atoms with Crippen molar-refractivity contribution in [3.63, 3.8) is 0 Å². The number of carbonyl (C=O) groups excluding carboxylic acids is 1. The summed E-state index contributed by atoms with van der Waals surface area (Å²) >= 11 is 0. The highest BCUT2D eigenvalue weighted by atomic mass is 19.4. The van der Waals surface area contributed by atoms with Gasteiger partial charge < -0.3 is 14.8 Å². The summed E-state index contributed by atoms with van der Waals surface area (Å²) < 4.78 is 48.7. The van der Waals surface area contributed by atoms with E-state index >= 15 is 0 Å². The maximum absolute atomic E-state index is 12.9. The number of imidazole rings is 1. The zero-order valence-corrected chi connectivity index (χ0v) is 16.7. The average Bonchev–Trinajstić information content (AvgIpc) is 3.08. The highest BCUT2D eigenvalue weighted by Crippen LogP contribution is 2.33. The zero-order valence-electron chi connectivity index (χ0n) is 16.7. The van der Waals surface area contributed by atoms with E-state index in [9.17, 15) is 18.0 Å². The number of aromatic nitrogens is 5. The number of alkyl halides is 3. The molecule has 1 N–H and O–H groups in total. The van der Waals surface area contributed by atoms with Gasteiger partial charge in [0.05, 0.1) is 18.5 Å². The van der Waals surface area contributed by atoms with Gasteiger partial charge in [-0.25, -0.2) is 9.50 Å². The highest BCUT2D eigenvalue weighted by Gasteiger charge is 2.32. The number of hydrogen-bond donors (Lipinski definition) is 1. The van der Waals surface area contributed by atoms with Gasteiger partial charge in [0.2, 0.25) is 5.88 Å². The van der Waals surface area contributed by atoms with Gasteiger partial charge in [-0.2, -0.15) is 5.10 Å². The van der Waals surface area contributed by atoms with Crippen molar-refractivity contribution in [2.75, 3.05) is 12.4 Å². The molecule has 0 bridgehead atoms. The molecule has 4 rings (SSSR count). The SMILES string of the molecule is COc1ccc(NC(=O)c2c(C)nc3ccc(-c4ccccc4OC(F)(F)F)nn23)nn1.